The van der Waals surface area contributed by atoms with E-state index in [1.807, 2.05) is 36.1 Å². The molecule has 1 N–H and O–H groups in total. The number of benzene rings is 1. The molecule has 1 aromatic heterocycles. The quantitative estimate of drug-likeness (QED) is 0.901. The number of amides is 1. The molecule has 1 aliphatic heterocycles. The van der Waals surface area contributed by atoms with E-state index in [9.17, 15) is 4.79 Å². The molecule has 1 saturated heterocycles. The van der Waals surface area contributed by atoms with E-state index in [1.54, 1.807) is 13.2 Å². The Bertz CT molecular complexity index is 693. The number of nitrogens with one attached hydrogen (secondary N) is 1. The van der Waals surface area contributed by atoms with Crippen LogP contribution in [0.25, 0.3) is 0 Å². The first-order valence-corrected chi connectivity index (χ1v) is 8.00. The van der Waals surface area contributed by atoms with Crippen molar-refractivity contribution in [2.45, 2.75) is 6.92 Å². The molecule has 1 aromatic carbocycles. The predicted molar refractivity (Wildman–Crippen MR) is 91.5 cm³/mol. The minimum atomic E-state index is 0.0651. The maximum absolute atomic E-state index is 12.3. The van der Waals surface area contributed by atoms with Crippen LogP contribution < -0.4 is 15.0 Å². The molecule has 0 bridgehead atoms. The van der Waals surface area contributed by atoms with E-state index in [0.29, 0.717) is 18.9 Å². The van der Waals surface area contributed by atoms with Crippen molar-refractivity contribution in [1.29, 1.82) is 0 Å². The van der Waals surface area contributed by atoms with Crippen LogP contribution in [0, 0.1) is 6.92 Å². The molecule has 24 heavy (non-hydrogen) atoms. The van der Waals surface area contributed by atoms with E-state index in [1.165, 1.54) is 0 Å². The SMILES string of the molecule is COc1ccccc1N1CCN(C(=O)CNc2cc(C)on2)CC1. The van der Waals surface area contributed by atoms with Gasteiger partial charge in [-0.3, -0.25) is 4.79 Å². The number of anilines is 2. The first-order chi connectivity index (χ1) is 11.7. The summed E-state index contributed by atoms with van der Waals surface area (Å²) in [5, 5.41) is 6.82. The molecular weight excluding hydrogens is 308 g/mol. The van der Waals surface area contributed by atoms with Gasteiger partial charge in [0, 0.05) is 32.2 Å². The Hall–Kier alpha value is -2.70. The molecule has 1 aliphatic rings. The van der Waals surface area contributed by atoms with Crippen LogP contribution in [0.4, 0.5) is 11.5 Å². The maximum atomic E-state index is 12.3. The summed E-state index contributed by atoms with van der Waals surface area (Å²) in [5.41, 5.74) is 1.07. The fourth-order valence-electron chi connectivity index (χ4n) is 2.82. The Kier molecular flexibility index (Phi) is 4.88. The maximum Gasteiger partial charge on any atom is 0.242 e. The smallest absolute Gasteiger partial charge is 0.242 e. The summed E-state index contributed by atoms with van der Waals surface area (Å²) in [4.78, 5) is 16.4. The minimum Gasteiger partial charge on any atom is -0.495 e. The van der Waals surface area contributed by atoms with Crippen molar-refractivity contribution in [2.75, 3.05) is 50.1 Å². The number of hydrogen-bond donors (Lipinski definition) is 1. The number of hydrogen-bond acceptors (Lipinski definition) is 6. The largest absolute Gasteiger partial charge is 0.495 e. The summed E-state index contributed by atoms with van der Waals surface area (Å²) in [7, 11) is 1.68. The van der Waals surface area contributed by atoms with Crippen molar-refractivity contribution in [3.8, 4) is 5.75 Å². The van der Waals surface area contributed by atoms with Crippen LogP contribution in [-0.4, -0.2) is 55.8 Å². The molecule has 2 heterocycles. The van der Waals surface area contributed by atoms with Crippen molar-refractivity contribution in [1.82, 2.24) is 10.1 Å². The number of aryl methyl sites for hydroxylation is 1. The molecule has 3 rings (SSSR count). The number of carbonyl (C=O) groups is 1. The number of rotatable bonds is 5. The lowest BCUT2D eigenvalue weighted by atomic mass is 10.2. The fraction of sp³-hybridized carbons (Fsp3) is 0.412. The van der Waals surface area contributed by atoms with Gasteiger partial charge in [0.15, 0.2) is 5.82 Å². The van der Waals surface area contributed by atoms with Gasteiger partial charge in [-0.25, -0.2) is 0 Å². The van der Waals surface area contributed by atoms with Gasteiger partial charge in [0.05, 0.1) is 19.3 Å². The summed E-state index contributed by atoms with van der Waals surface area (Å²) in [5.74, 6) is 2.24. The highest BCUT2D eigenvalue weighted by molar-refractivity contribution is 5.81. The Labute approximate surface area is 141 Å². The summed E-state index contributed by atoms with van der Waals surface area (Å²) >= 11 is 0. The molecule has 0 saturated carbocycles. The van der Waals surface area contributed by atoms with Gasteiger partial charge in [0.1, 0.15) is 11.5 Å². The van der Waals surface area contributed by atoms with Crippen molar-refractivity contribution in [2.24, 2.45) is 0 Å². The lowest BCUT2D eigenvalue weighted by Crippen LogP contribution is -2.50. The van der Waals surface area contributed by atoms with E-state index in [-0.39, 0.29) is 12.5 Å². The van der Waals surface area contributed by atoms with Crippen LogP contribution in [0.1, 0.15) is 5.76 Å². The van der Waals surface area contributed by atoms with Crippen molar-refractivity contribution in [3.05, 3.63) is 36.1 Å². The molecule has 0 spiro atoms. The van der Waals surface area contributed by atoms with Gasteiger partial charge in [-0.1, -0.05) is 17.3 Å². The van der Waals surface area contributed by atoms with Gasteiger partial charge >= 0.3 is 0 Å². The molecule has 0 radical (unpaired) electrons. The van der Waals surface area contributed by atoms with E-state index < -0.39 is 0 Å². The standard InChI is InChI=1S/C17H22N4O3/c1-13-11-16(19-24-13)18-12-17(22)21-9-7-20(8-10-21)14-5-3-4-6-15(14)23-2/h3-6,11H,7-10,12H2,1-2H3,(H,18,19). The molecule has 0 aliphatic carbocycles. The number of para-hydroxylation sites is 2. The number of ether oxygens (including phenoxy) is 1. The monoisotopic (exact) mass is 330 g/mol. The van der Waals surface area contributed by atoms with Crippen LogP contribution in [0.5, 0.6) is 5.75 Å². The highest BCUT2D eigenvalue weighted by Gasteiger charge is 2.22. The third-order valence-electron chi connectivity index (χ3n) is 4.11. The summed E-state index contributed by atoms with van der Waals surface area (Å²) in [6.07, 6.45) is 0. The van der Waals surface area contributed by atoms with E-state index in [0.717, 1.165) is 30.3 Å². The highest BCUT2D eigenvalue weighted by Crippen LogP contribution is 2.28. The third-order valence-corrected chi connectivity index (χ3v) is 4.11. The molecule has 0 atom stereocenters. The van der Waals surface area contributed by atoms with E-state index in [2.05, 4.69) is 15.4 Å². The number of aromatic nitrogens is 1. The fourth-order valence-corrected chi connectivity index (χ4v) is 2.82. The molecular formula is C17H22N4O3. The van der Waals surface area contributed by atoms with Gasteiger partial charge in [-0.2, -0.15) is 0 Å². The Morgan fingerprint density at radius 3 is 2.71 bits per heavy atom. The van der Waals surface area contributed by atoms with Crippen molar-refractivity contribution < 1.29 is 14.1 Å². The summed E-state index contributed by atoms with van der Waals surface area (Å²) in [6.45, 7) is 4.99. The van der Waals surface area contributed by atoms with E-state index in [4.69, 9.17) is 9.26 Å². The van der Waals surface area contributed by atoms with Crippen LogP contribution >= 0.6 is 0 Å². The van der Waals surface area contributed by atoms with Crippen LogP contribution in [0.2, 0.25) is 0 Å². The van der Waals surface area contributed by atoms with Gasteiger partial charge in [-0.15, -0.1) is 0 Å². The topological polar surface area (TPSA) is 70.8 Å². The molecule has 2 aromatic rings. The first kappa shape index (κ1) is 16.2. The average Bonchev–Trinajstić information content (AvgIpc) is 3.05. The van der Waals surface area contributed by atoms with Crippen LogP contribution in [0.3, 0.4) is 0 Å². The number of carbonyl (C=O) groups excluding carboxylic acids is 1. The second-order valence-electron chi connectivity index (χ2n) is 5.72. The van der Waals surface area contributed by atoms with Gasteiger partial charge in [0.2, 0.25) is 5.91 Å². The molecule has 7 nitrogen and oxygen atoms in total. The second kappa shape index (κ2) is 7.25. The van der Waals surface area contributed by atoms with E-state index >= 15 is 0 Å². The Morgan fingerprint density at radius 1 is 1.29 bits per heavy atom. The summed E-state index contributed by atoms with van der Waals surface area (Å²) < 4.78 is 10.4. The van der Waals surface area contributed by atoms with Crippen LogP contribution in [-0.2, 0) is 4.79 Å². The lowest BCUT2D eigenvalue weighted by molar-refractivity contribution is -0.129. The first-order valence-electron chi connectivity index (χ1n) is 8.00. The third kappa shape index (κ3) is 3.61. The van der Waals surface area contributed by atoms with Gasteiger partial charge in [0.25, 0.3) is 0 Å². The lowest BCUT2D eigenvalue weighted by Gasteiger charge is -2.36. The molecule has 1 amide bonds. The zero-order chi connectivity index (χ0) is 16.9. The van der Waals surface area contributed by atoms with Crippen LogP contribution in [0.15, 0.2) is 34.9 Å². The molecule has 0 unspecified atom stereocenters. The summed E-state index contributed by atoms with van der Waals surface area (Å²) in [6, 6.07) is 9.73. The van der Waals surface area contributed by atoms with Crippen molar-refractivity contribution in [3.63, 3.8) is 0 Å². The zero-order valence-electron chi connectivity index (χ0n) is 14.0. The molecule has 128 valence electrons. The van der Waals surface area contributed by atoms with Gasteiger partial charge < -0.3 is 24.4 Å². The average molecular weight is 330 g/mol. The molecule has 1 fully saturated rings. The number of methoxy groups -OCH3 is 1. The normalized spacial score (nSPS) is 14.6. The predicted octanol–water partition coefficient (Wildman–Crippen LogP) is 1.75. The number of piperazine rings is 1. The zero-order valence-corrected chi connectivity index (χ0v) is 14.0. The van der Waals surface area contributed by atoms with Gasteiger partial charge in [-0.05, 0) is 19.1 Å². The Balaban J connectivity index is 1.52. The number of nitrogens with zero attached hydrogens (tertiary/aromatic N) is 3. The minimum absolute atomic E-state index is 0.0651. The second-order valence-corrected chi connectivity index (χ2v) is 5.72. The Morgan fingerprint density at radius 2 is 2.04 bits per heavy atom. The highest BCUT2D eigenvalue weighted by atomic mass is 16.5. The molecule has 7 heteroatoms. The van der Waals surface area contributed by atoms with Crippen molar-refractivity contribution >= 4 is 17.4 Å².